The van der Waals surface area contributed by atoms with Crippen molar-refractivity contribution in [3.05, 3.63) is 34.9 Å². The lowest BCUT2D eigenvalue weighted by Gasteiger charge is -2.40. The van der Waals surface area contributed by atoms with Crippen LogP contribution in [-0.4, -0.2) is 58.9 Å². The lowest BCUT2D eigenvalue weighted by atomic mass is 9.96. The number of esters is 1. The molecule has 0 spiro atoms. The van der Waals surface area contributed by atoms with E-state index in [2.05, 4.69) is 0 Å². The summed E-state index contributed by atoms with van der Waals surface area (Å²) in [7, 11) is 0. The quantitative estimate of drug-likeness (QED) is 0.674. The number of amides is 2. The standard InChI is InChI=1S/C23H31ClN2O4/c1-15-6-4-7-16(2)26(15)21(27)17(3)30-23(29)19-8-5-13-25(14-19)22(28)18-9-11-20(24)12-10-18/h9-12,15-17,19H,4-8,13-14H2,1-3H3/t15-,16-,17-,19+/m0/s1. The fourth-order valence-corrected chi connectivity index (χ4v) is 4.64. The lowest BCUT2D eigenvalue weighted by Crippen LogP contribution is -2.52. The van der Waals surface area contributed by atoms with Crippen LogP contribution in [0.4, 0.5) is 0 Å². The van der Waals surface area contributed by atoms with Gasteiger partial charge in [-0.25, -0.2) is 0 Å². The number of rotatable bonds is 4. The molecule has 0 aromatic heterocycles. The zero-order valence-corrected chi connectivity index (χ0v) is 18.7. The predicted octanol–water partition coefficient (Wildman–Crippen LogP) is 3.91. The van der Waals surface area contributed by atoms with Crippen LogP contribution in [-0.2, 0) is 14.3 Å². The van der Waals surface area contributed by atoms with Crippen molar-refractivity contribution < 1.29 is 19.1 Å². The highest BCUT2D eigenvalue weighted by molar-refractivity contribution is 6.30. The summed E-state index contributed by atoms with van der Waals surface area (Å²) in [6.45, 7) is 6.64. The molecule has 3 rings (SSSR count). The Balaban J connectivity index is 1.58. The second kappa shape index (κ2) is 9.82. The molecule has 0 aliphatic carbocycles. The van der Waals surface area contributed by atoms with E-state index < -0.39 is 18.0 Å². The first kappa shape index (κ1) is 22.6. The maximum atomic E-state index is 12.9. The Morgan fingerprint density at radius 3 is 2.30 bits per heavy atom. The summed E-state index contributed by atoms with van der Waals surface area (Å²) in [4.78, 5) is 42.0. The summed E-state index contributed by atoms with van der Waals surface area (Å²) in [6, 6.07) is 7.05. The molecule has 2 aliphatic heterocycles. The molecule has 2 amide bonds. The van der Waals surface area contributed by atoms with E-state index in [0.29, 0.717) is 30.1 Å². The predicted molar refractivity (Wildman–Crippen MR) is 115 cm³/mol. The number of nitrogens with zero attached hydrogens (tertiary/aromatic N) is 2. The average Bonchev–Trinajstić information content (AvgIpc) is 2.73. The van der Waals surface area contributed by atoms with E-state index in [1.807, 2.05) is 18.7 Å². The number of hydrogen-bond acceptors (Lipinski definition) is 4. The maximum Gasteiger partial charge on any atom is 0.311 e. The minimum absolute atomic E-state index is 0.121. The molecule has 0 bridgehead atoms. The number of hydrogen-bond donors (Lipinski definition) is 0. The van der Waals surface area contributed by atoms with Gasteiger partial charge in [0.2, 0.25) is 0 Å². The summed E-state index contributed by atoms with van der Waals surface area (Å²) in [6.07, 6.45) is 3.62. The van der Waals surface area contributed by atoms with Crippen molar-refractivity contribution in [2.24, 2.45) is 5.92 Å². The first-order valence-electron chi connectivity index (χ1n) is 10.9. The van der Waals surface area contributed by atoms with Gasteiger partial charge in [0.25, 0.3) is 11.8 Å². The van der Waals surface area contributed by atoms with Gasteiger partial charge < -0.3 is 14.5 Å². The normalized spacial score (nSPS) is 25.5. The molecule has 164 valence electrons. The van der Waals surface area contributed by atoms with Gasteiger partial charge in [-0.15, -0.1) is 0 Å². The molecule has 0 unspecified atom stereocenters. The van der Waals surface area contributed by atoms with Gasteiger partial charge in [-0.1, -0.05) is 11.6 Å². The third-order valence-corrected chi connectivity index (χ3v) is 6.47. The van der Waals surface area contributed by atoms with Crippen molar-refractivity contribution in [2.45, 2.75) is 71.1 Å². The molecule has 0 radical (unpaired) electrons. The van der Waals surface area contributed by atoms with Crippen molar-refractivity contribution in [3.63, 3.8) is 0 Å². The van der Waals surface area contributed by atoms with Gasteiger partial charge in [0.05, 0.1) is 5.92 Å². The van der Waals surface area contributed by atoms with Crippen LogP contribution in [0.15, 0.2) is 24.3 Å². The van der Waals surface area contributed by atoms with E-state index in [1.54, 1.807) is 36.1 Å². The Morgan fingerprint density at radius 1 is 1.03 bits per heavy atom. The number of carbonyl (C=O) groups is 3. The number of piperidine rings is 2. The lowest BCUT2D eigenvalue weighted by molar-refractivity contribution is -0.166. The molecule has 1 aromatic rings. The second-order valence-electron chi connectivity index (χ2n) is 8.55. The van der Waals surface area contributed by atoms with Crippen molar-refractivity contribution in [2.75, 3.05) is 13.1 Å². The zero-order chi connectivity index (χ0) is 21.8. The monoisotopic (exact) mass is 434 g/mol. The number of carbonyl (C=O) groups excluding carboxylic acids is 3. The molecular weight excluding hydrogens is 404 g/mol. The van der Waals surface area contributed by atoms with Gasteiger partial charge in [-0.05, 0) is 77.1 Å². The molecule has 2 heterocycles. The fraction of sp³-hybridized carbons (Fsp3) is 0.609. The molecule has 2 fully saturated rings. The first-order valence-corrected chi connectivity index (χ1v) is 11.2. The Kier molecular flexibility index (Phi) is 7.40. The summed E-state index contributed by atoms with van der Waals surface area (Å²) in [5, 5.41) is 0.572. The van der Waals surface area contributed by atoms with Crippen LogP contribution in [0.3, 0.4) is 0 Å². The first-order chi connectivity index (χ1) is 14.3. The van der Waals surface area contributed by atoms with Gasteiger partial charge in [-0.2, -0.15) is 0 Å². The SMILES string of the molecule is C[C@H](OC(=O)[C@@H]1CCCN(C(=O)c2ccc(Cl)cc2)C1)C(=O)N1[C@@H](C)CCC[C@@H]1C. The van der Waals surface area contributed by atoms with Crippen LogP contribution in [0.2, 0.25) is 5.02 Å². The maximum absolute atomic E-state index is 12.9. The molecule has 0 saturated carbocycles. The van der Waals surface area contributed by atoms with Crippen LogP contribution >= 0.6 is 11.6 Å². The Labute approximate surface area is 183 Å². The van der Waals surface area contributed by atoms with E-state index in [1.165, 1.54) is 0 Å². The van der Waals surface area contributed by atoms with Crippen molar-refractivity contribution in [3.8, 4) is 0 Å². The molecule has 4 atom stereocenters. The number of benzene rings is 1. The molecule has 6 nitrogen and oxygen atoms in total. The Morgan fingerprint density at radius 2 is 1.67 bits per heavy atom. The zero-order valence-electron chi connectivity index (χ0n) is 18.0. The van der Waals surface area contributed by atoms with Gasteiger partial charge in [0, 0.05) is 35.8 Å². The Bertz CT molecular complexity index is 772. The summed E-state index contributed by atoms with van der Waals surface area (Å²) < 4.78 is 5.57. The average molecular weight is 435 g/mol. The van der Waals surface area contributed by atoms with E-state index in [9.17, 15) is 14.4 Å². The smallest absolute Gasteiger partial charge is 0.311 e. The topological polar surface area (TPSA) is 66.9 Å². The highest BCUT2D eigenvalue weighted by Gasteiger charge is 2.36. The van der Waals surface area contributed by atoms with Crippen LogP contribution in [0.1, 0.15) is 63.2 Å². The van der Waals surface area contributed by atoms with Gasteiger partial charge in [0.1, 0.15) is 0 Å². The molecule has 7 heteroatoms. The van der Waals surface area contributed by atoms with Crippen molar-refractivity contribution >= 4 is 29.4 Å². The van der Waals surface area contributed by atoms with E-state index in [-0.39, 0.29) is 23.9 Å². The highest BCUT2D eigenvalue weighted by Crippen LogP contribution is 2.25. The largest absolute Gasteiger partial charge is 0.452 e. The van der Waals surface area contributed by atoms with Crippen molar-refractivity contribution in [1.82, 2.24) is 9.80 Å². The minimum Gasteiger partial charge on any atom is -0.452 e. The summed E-state index contributed by atoms with van der Waals surface area (Å²) >= 11 is 5.90. The van der Waals surface area contributed by atoms with E-state index in [0.717, 1.165) is 25.7 Å². The molecule has 1 aromatic carbocycles. The van der Waals surface area contributed by atoms with Gasteiger partial charge >= 0.3 is 5.97 Å². The molecule has 30 heavy (non-hydrogen) atoms. The number of halogens is 1. The molecule has 2 aliphatic rings. The van der Waals surface area contributed by atoms with Crippen LogP contribution in [0.25, 0.3) is 0 Å². The number of likely N-dealkylation sites (tertiary alicyclic amines) is 2. The Hall–Kier alpha value is -2.08. The second-order valence-corrected chi connectivity index (χ2v) is 8.99. The van der Waals surface area contributed by atoms with Gasteiger partial charge in [0.15, 0.2) is 6.10 Å². The molecular formula is C23H31ClN2O4. The van der Waals surface area contributed by atoms with Crippen LogP contribution < -0.4 is 0 Å². The van der Waals surface area contributed by atoms with Gasteiger partial charge in [-0.3, -0.25) is 14.4 Å². The number of ether oxygens (including phenoxy) is 1. The summed E-state index contributed by atoms with van der Waals surface area (Å²) in [5.41, 5.74) is 0.546. The van der Waals surface area contributed by atoms with Crippen LogP contribution in [0, 0.1) is 5.92 Å². The highest BCUT2D eigenvalue weighted by atomic mass is 35.5. The third kappa shape index (κ3) is 5.15. The fourth-order valence-electron chi connectivity index (χ4n) is 4.52. The van der Waals surface area contributed by atoms with E-state index >= 15 is 0 Å². The van der Waals surface area contributed by atoms with Crippen molar-refractivity contribution in [1.29, 1.82) is 0 Å². The summed E-state index contributed by atoms with van der Waals surface area (Å²) in [5.74, 6) is -1.07. The third-order valence-electron chi connectivity index (χ3n) is 6.22. The minimum atomic E-state index is -0.817. The van der Waals surface area contributed by atoms with E-state index in [4.69, 9.17) is 16.3 Å². The van der Waals surface area contributed by atoms with Crippen LogP contribution in [0.5, 0.6) is 0 Å². The molecule has 0 N–H and O–H groups in total. The molecule has 2 saturated heterocycles.